The van der Waals surface area contributed by atoms with E-state index in [2.05, 4.69) is 44.0 Å². The molecule has 0 unspecified atom stereocenters. The molecule has 0 bridgehead atoms. The third-order valence-corrected chi connectivity index (χ3v) is 4.68. The molecule has 1 aromatic rings. The molecule has 0 amide bonds. The van der Waals surface area contributed by atoms with Crippen molar-refractivity contribution in [1.29, 1.82) is 0 Å². The molecule has 1 aliphatic carbocycles. The lowest BCUT2D eigenvalue weighted by Gasteiger charge is -2.28. The standard InChI is InChI=1S/C18H29NO/c1-4-5-12-19(3)16-8-11-18(14(2)13-16)15-6-9-17(20)10-7-15/h8,11,13,15,17,20H,4-7,9-10,12H2,1-3H3/t15-,17-. The molecule has 1 fully saturated rings. The van der Waals surface area contributed by atoms with Crippen molar-refractivity contribution in [2.75, 3.05) is 18.5 Å². The number of nitrogens with zero attached hydrogens (tertiary/aromatic N) is 1. The van der Waals surface area contributed by atoms with E-state index in [1.807, 2.05) is 0 Å². The second-order valence-corrected chi connectivity index (χ2v) is 6.32. The summed E-state index contributed by atoms with van der Waals surface area (Å²) in [5.74, 6) is 0.647. The summed E-state index contributed by atoms with van der Waals surface area (Å²) in [7, 11) is 2.18. The van der Waals surface area contributed by atoms with Gasteiger partial charge in [-0.15, -0.1) is 0 Å². The summed E-state index contributed by atoms with van der Waals surface area (Å²) in [6, 6.07) is 6.91. The Labute approximate surface area is 123 Å². The van der Waals surface area contributed by atoms with Gasteiger partial charge in [0.25, 0.3) is 0 Å². The highest BCUT2D eigenvalue weighted by Crippen LogP contribution is 2.35. The molecule has 1 aromatic carbocycles. The van der Waals surface area contributed by atoms with Crippen molar-refractivity contribution >= 4 is 5.69 Å². The SMILES string of the molecule is CCCCN(C)c1ccc([C@H]2CC[C@H](O)CC2)c(C)c1. The Kier molecular flexibility index (Phi) is 5.47. The van der Waals surface area contributed by atoms with Crippen LogP contribution in [0.5, 0.6) is 0 Å². The zero-order valence-electron chi connectivity index (χ0n) is 13.2. The first-order valence-corrected chi connectivity index (χ1v) is 8.11. The van der Waals surface area contributed by atoms with Crippen LogP contribution in [-0.2, 0) is 0 Å². The van der Waals surface area contributed by atoms with Gasteiger partial charge in [-0.3, -0.25) is 0 Å². The molecule has 2 nitrogen and oxygen atoms in total. The molecular formula is C18H29NO. The minimum Gasteiger partial charge on any atom is -0.393 e. The van der Waals surface area contributed by atoms with Crippen molar-refractivity contribution in [2.24, 2.45) is 0 Å². The van der Waals surface area contributed by atoms with Gasteiger partial charge in [-0.25, -0.2) is 0 Å². The summed E-state index contributed by atoms with van der Waals surface area (Å²) in [6.45, 7) is 5.60. The summed E-state index contributed by atoms with van der Waals surface area (Å²) in [6.07, 6.45) is 6.61. The molecule has 1 saturated carbocycles. The summed E-state index contributed by atoms with van der Waals surface area (Å²) in [5.41, 5.74) is 4.23. The number of unbranched alkanes of at least 4 members (excludes halogenated alkanes) is 1. The van der Waals surface area contributed by atoms with E-state index in [1.54, 1.807) is 0 Å². The van der Waals surface area contributed by atoms with E-state index >= 15 is 0 Å². The van der Waals surface area contributed by atoms with E-state index in [4.69, 9.17) is 0 Å². The van der Waals surface area contributed by atoms with Crippen LogP contribution in [0.15, 0.2) is 18.2 Å². The van der Waals surface area contributed by atoms with Crippen LogP contribution < -0.4 is 4.90 Å². The number of benzene rings is 1. The maximum atomic E-state index is 9.64. The average molecular weight is 275 g/mol. The van der Waals surface area contributed by atoms with Crippen molar-refractivity contribution in [2.45, 2.75) is 64.4 Å². The first-order chi connectivity index (χ1) is 9.61. The smallest absolute Gasteiger partial charge is 0.0540 e. The minimum atomic E-state index is -0.0639. The minimum absolute atomic E-state index is 0.0639. The van der Waals surface area contributed by atoms with Crippen molar-refractivity contribution in [3.8, 4) is 0 Å². The van der Waals surface area contributed by atoms with Gasteiger partial charge in [0.1, 0.15) is 0 Å². The fraction of sp³-hybridized carbons (Fsp3) is 0.667. The maximum Gasteiger partial charge on any atom is 0.0540 e. The lowest BCUT2D eigenvalue weighted by molar-refractivity contribution is 0.122. The number of aliphatic hydroxyl groups is 1. The maximum absolute atomic E-state index is 9.64. The Bertz CT molecular complexity index is 421. The number of rotatable bonds is 5. The molecule has 0 radical (unpaired) electrons. The van der Waals surface area contributed by atoms with Crippen LogP contribution in [0.2, 0.25) is 0 Å². The van der Waals surface area contributed by atoms with E-state index in [1.165, 1.54) is 29.7 Å². The van der Waals surface area contributed by atoms with Crippen LogP contribution in [-0.4, -0.2) is 24.8 Å². The fourth-order valence-corrected chi connectivity index (χ4v) is 3.27. The van der Waals surface area contributed by atoms with Crippen molar-refractivity contribution in [1.82, 2.24) is 0 Å². The second-order valence-electron chi connectivity index (χ2n) is 6.32. The molecule has 112 valence electrons. The van der Waals surface area contributed by atoms with Gasteiger partial charge in [-0.2, -0.15) is 0 Å². The number of anilines is 1. The van der Waals surface area contributed by atoms with Gasteiger partial charge in [0.15, 0.2) is 0 Å². The number of aryl methyl sites for hydroxylation is 1. The zero-order chi connectivity index (χ0) is 14.5. The molecule has 0 aliphatic heterocycles. The van der Waals surface area contributed by atoms with Crippen LogP contribution in [0.4, 0.5) is 5.69 Å². The molecule has 0 spiro atoms. The summed E-state index contributed by atoms with van der Waals surface area (Å²) < 4.78 is 0. The van der Waals surface area contributed by atoms with Crippen LogP contribution in [0.3, 0.4) is 0 Å². The Morgan fingerprint density at radius 2 is 1.90 bits per heavy atom. The zero-order valence-corrected chi connectivity index (χ0v) is 13.2. The summed E-state index contributed by atoms with van der Waals surface area (Å²) in [4.78, 5) is 2.35. The van der Waals surface area contributed by atoms with Crippen molar-refractivity contribution in [3.05, 3.63) is 29.3 Å². The summed E-state index contributed by atoms with van der Waals surface area (Å²) >= 11 is 0. The Morgan fingerprint density at radius 1 is 1.20 bits per heavy atom. The molecular weight excluding hydrogens is 246 g/mol. The molecule has 0 aromatic heterocycles. The first-order valence-electron chi connectivity index (χ1n) is 8.11. The third kappa shape index (κ3) is 3.76. The van der Waals surface area contributed by atoms with E-state index in [9.17, 15) is 5.11 Å². The fourth-order valence-electron chi connectivity index (χ4n) is 3.27. The van der Waals surface area contributed by atoms with Crippen molar-refractivity contribution < 1.29 is 5.11 Å². The van der Waals surface area contributed by atoms with E-state index < -0.39 is 0 Å². The van der Waals surface area contributed by atoms with Crippen LogP contribution in [0, 0.1) is 6.92 Å². The van der Waals surface area contributed by atoms with E-state index in [0.717, 1.165) is 32.2 Å². The van der Waals surface area contributed by atoms with Crippen LogP contribution in [0.25, 0.3) is 0 Å². The number of hydrogen-bond acceptors (Lipinski definition) is 2. The first kappa shape index (κ1) is 15.4. The Morgan fingerprint density at radius 3 is 2.50 bits per heavy atom. The van der Waals surface area contributed by atoms with E-state index in [-0.39, 0.29) is 6.10 Å². The molecule has 20 heavy (non-hydrogen) atoms. The number of aliphatic hydroxyl groups excluding tert-OH is 1. The van der Waals surface area contributed by atoms with Gasteiger partial charge in [0, 0.05) is 19.3 Å². The third-order valence-electron chi connectivity index (χ3n) is 4.68. The highest BCUT2D eigenvalue weighted by Gasteiger charge is 2.22. The van der Waals surface area contributed by atoms with Crippen molar-refractivity contribution in [3.63, 3.8) is 0 Å². The van der Waals surface area contributed by atoms with Gasteiger partial charge >= 0.3 is 0 Å². The molecule has 0 atom stereocenters. The van der Waals surface area contributed by atoms with E-state index in [0.29, 0.717) is 5.92 Å². The van der Waals surface area contributed by atoms with Gasteiger partial charge in [-0.1, -0.05) is 19.4 Å². The van der Waals surface area contributed by atoms with Gasteiger partial charge in [0.05, 0.1) is 6.10 Å². The predicted molar refractivity (Wildman–Crippen MR) is 86.6 cm³/mol. The molecule has 2 heteroatoms. The van der Waals surface area contributed by atoms with Crippen LogP contribution >= 0.6 is 0 Å². The Balaban J connectivity index is 2.05. The molecule has 2 rings (SSSR count). The normalized spacial score (nSPS) is 22.8. The largest absolute Gasteiger partial charge is 0.393 e. The second kappa shape index (κ2) is 7.12. The lowest BCUT2D eigenvalue weighted by Crippen LogP contribution is -2.19. The molecule has 0 heterocycles. The average Bonchev–Trinajstić information content (AvgIpc) is 2.46. The van der Waals surface area contributed by atoms with Gasteiger partial charge < -0.3 is 10.0 Å². The molecule has 1 aliphatic rings. The topological polar surface area (TPSA) is 23.5 Å². The van der Waals surface area contributed by atoms with Gasteiger partial charge in [-0.05, 0) is 68.2 Å². The predicted octanol–water partition coefficient (Wildman–Crippen LogP) is 4.25. The summed E-state index contributed by atoms with van der Waals surface area (Å²) in [5, 5.41) is 9.64. The number of hydrogen-bond donors (Lipinski definition) is 1. The highest BCUT2D eigenvalue weighted by atomic mass is 16.3. The Hall–Kier alpha value is -1.02. The highest BCUT2D eigenvalue weighted by molar-refractivity contribution is 5.51. The lowest BCUT2D eigenvalue weighted by atomic mass is 9.81. The van der Waals surface area contributed by atoms with Gasteiger partial charge in [0.2, 0.25) is 0 Å². The molecule has 1 N–H and O–H groups in total. The van der Waals surface area contributed by atoms with Crippen LogP contribution in [0.1, 0.15) is 62.5 Å². The molecule has 0 saturated heterocycles. The monoisotopic (exact) mass is 275 g/mol. The quantitative estimate of drug-likeness (QED) is 0.868.